The van der Waals surface area contributed by atoms with Gasteiger partial charge < -0.3 is 19.7 Å². The molecule has 0 saturated carbocycles. The fraction of sp³-hybridized carbons (Fsp3) is 0.333. The summed E-state index contributed by atoms with van der Waals surface area (Å²) in [6, 6.07) is 13.0. The van der Waals surface area contributed by atoms with Gasteiger partial charge in [0.05, 0.1) is 19.5 Å². The number of nitrogens with zero attached hydrogens (tertiary/aromatic N) is 1. The molecule has 1 heterocycles. The van der Waals surface area contributed by atoms with Crippen molar-refractivity contribution in [3.05, 3.63) is 42.5 Å². The maximum Gasteiger partial charge on any atom is 0.237 e. The lowest BCUT2D eigenvalue weighted by atomic mass is 10.2. The lowest BCUT2D eigenvalue weighted by Gasteiger charge is -2.17. The van der Waals surface area contributed by atoms with Crippen LogP contribution < -0.4 is 19.7 Å². The van der Waals surface area contributed by atoms with Crippen molar-refractivity contribution in [1.82, 2.24) is 0 Å². The maximum atomic E-state index is 12.5. The van der Waals surface area contributed by atoms with Gasteiger partial charge in [-0.25, -0.2) is 0 Å². The smallest absolute Gasteiger partial charge is 0.237 e. The summed E-state index contributed by atoms with van der Waals surface area (Å²) in [5.74, 6) is 1.34. The number of nitrogens with one attached hydrogen (secondary N) is 1. The molecule has 7 heteroatoms. The van der Waals surface area contributed by atoms with Crippen molar-refractivity contribution in [1.29, 1.82) is 0 Å². The molecule has 1 saturated heterocycles. The predicted molar refractivity (Wildman–Crippen MR) is 112 cm³/mol. The van der Waals surface area contributed by atoms with Crippen LogP contribution in [0.25, 0.3) is 0 Å². The summed E-state index contributed by atoms with van der Waals surface area (Å²) < 4.78 is 10.5. The summed E-state index contributed by atoms with van der Waals surface area (Å²) in [5, 5.41) is 2.63. The first-order valence-corrected chi connectivity index (χ1v) is 9.99. The van der Waals surface area contributed by atoms with Crippen LogP contribution in [0.15, 0.2) is 47.4 Å². The van der Waals surface area contributed by atoms with Gasteiger partial charge in [0.25, 0.3) is 0 Å². The summed E-state index contributed by atoms with van der Waals surface area (Å²) >= 11 is 1.44. The van der Waals surface area contributed by atoms with Crippen LogP contribution in [0, 0.1) is 0 Å². The number of ether oxygens (including phenoxy) is 2. The largest absolute Gasteiger partial charge is 0.493 e. The van der Waals surface area contributed by atoms with Gasteiger partial charge in [-0.15, -0.1) is 11.8 Å². The molecule has 6 nitrogen and oxygen atoms in total. The summed E-state index contributed by atoms with van der Waals surface area (Å²) in [6.45, 7) is 2.61. The van der Waals surface area contributed by atoms with Gasteiger partial charge in [-0.05, 0) is 55.8 Å². The van der Waals surface area contributed by atoms with Crippen LogP contribution in [0.1, 0.15) is 19.8 Å². The molecule has 148 valence electrons. The highest BCUT2D eigenvalue weighted by Gasteiger charge is 2.21. The topological polar surface area (TPSA) is 67.9 Å². The molecule has 0 spiro atoms. The lowest BCUT2D eigenvalue weighted by molar-refractivity contribution is -0.117. The first kappa shape index (κ1) is 20.1. The maximum absolute atomic E-state index is 12.5. The number of benzene rings is 2. The van der Waals surface area contributed by atoms with E-state index in [-0.39, 0.29) is 17.1 Å². The third-order valence-corrected chi connectivity index (χ3v) is 5.65. The SMILES string of the molecule is COc1ccc(SC(C)C(=O)Nc2ccc(N3CCCC3=O)cc2)cc1OC. The number of carbonyl (C=O) groups excluding carboxylic acids is 2. The number of methoxy groups -OCH3 is 2. The Labute approximate surface area is 169 Å². The van der Waals surface area contributed by atoms with E-state index in [0.29, 0.717) is 23.6 Å². The molecule has 0 aliphatic carbocycles. The average Bonchev–Trinajstić information content (AvgIpc) is 3.14. The van der Waals surface area contributed by atoms with Gasteiger partial charge in [0.2, 0.25) is 11.8 Å². The number of anilines is 2. The van der Waals surface area contributed by atoms with Gasteiger partial charge in [0.15, 0.2) is 11.5 Å². The van der Waals surface area contributed by atoms with Crippen molar-refractivity contribution in [3.8, 4) is 11.5 Å². The highest BCUT2D eigenvalue weighted by Crippen LogP contribution is 2.34. The molecular formula is C21H24N2O4S. The van der Waals surface area contributed by atoms with Crippen LogP contribution in [-0.2, 0) is 9.59 Å². The number of thioether (sulfide) groups is 1. The normalized spacial score (nSPS) is 14.7. The molecule has 1 aliphatic rings. The predicted octanol–water partition coefficient (Wildman–Crippen LogP) is 3.95. The summed E-state index contributed by atoms with van der Waals surface area (Å²) in [4.78, 5) is 27.1. The first-order valence-electron chi connectivity index (χ1n) is 9.12. The minimum atomic E-state index is -0.294. The van der Waals surface area contributed by atoms with Crippen molar-refractivity contribution in [2.75, 3.05) is 31.0 Å². The van der Waals surface area contributed by atoms with E-state index < -0.39 is 0 Å². The Balaban J connectivity index is 1.60. The molecule has 2 aromatic rings. The van der Waals surface area contributed by atoms with Crippen molar-refractivity contribution in [2.24, 2.45) is 0 Å². The van der Waals surface area contributed by atoms with Gasteiger partial charge in [0.1, 0.15) is 0 Å². The van der Waals surface area contributed by atoms with Crippen molar-refractivity contribution >= 4 is 35.0 Å². The number of carbonyl (C=O) groups is 2. The van der Waals surface area contributed by atoms with Gasteiger partial charge in [-0.1, -0.05) is 0 Å². The Morgan fingerprint density at radius 3 is 2.43 bits per heavy atom. The zero-order valence-electron chi connectivity index (χ0n) is 16.2. The van der Waals surface area contributed by atoms with Crippen LogP contribution in [-0.4, -0.2) is 37.8 Å². The standard InChI is InChI=1S/C21H24N2O4S/c1-14(28-17-10-11-18(26-2)19(13-17)27-3)21(25)22-15-6-8-16(9-7-15)23-12-4-5-20(23)24/h6-11,13-14H,4-5,12H2,1-3H3,(H,22,25). The molecule has 28 heavy (non-hydrogen) atoms. The molecule has 2 aromatic carbocycles. The number of hydrogen-bond acceptors (Lipinski definition) is 5. The Hall–Kier alpha value is -2.67. The molecule has 0 radical (unpaired) electrons. The Kier molecular flexibility index (Phi) is 6.46. The zero-order valence-corrected chi connectivity index (χ0v) is 17.0. The third-order valence-electron chi connectivity index (χ3n) is 4.56. The van der Waals surface area contributed by atoms with Crippen molar-refractivity contribution in [2.45, 2.75) is 29.9 Å². The second-order valence-electron chi connectivity index (χ2n) is 6.46. The van der Waals surface area contributed by atoms with E-state index >= 15 is 0 Å². The molecule has 3 rings (SSSR count). The number of rotatable bonds is 7. The highest BCUT2D eigenvalue weighted by atomic mass is 32.2. The summed E-state index contributed by atoms with van der Waals surface area (Å²) in [7, 11) is 3.17. The van der Waals surface area contributed by atoms with Gasteiger partial charge in [-0.2, -0.15) is 0 Å². The minimum absolute atomic E-state index is 0.0928. The monoisotopic (exact) mass is 400 g/mol. The highest BCUT2D eigenvalue weighted by molar-refractivity contribution is 8.00. The molecule has 1 aliphatic heterocycles. The fourth-order valence-electron chi connectivity index (χ4n) is 3.04. The van der Waals surface area contributed by atoms with E-state index in [2.05, 4.69) is 5.32 Å². The number of hydrogen-bond donors (Lipinski definition) is 1. The lowest BCUT2D eigenvalue weighted by Crippen LogP contribution is -2.24. The van der Waals surface area contributed by atoms with Crippen LogP contribution in [0.4, 0.5) is 11.4 Å². The average molecular weight is 401 g/mol. The Morgan fingerprint density at radius 2 is 1.82 bits per heavy atom. The van der Waals surface area contributed by atoms with Crippen molar-refractivity contribution < 1.29 is 19.1 Å². The molecule has 1 fully saturated rings. The van der Waals surface area contributed by atoms with Crippen LogP contribution >= 0.6 is 11.8 Å². The minimum Gasteiger partial charge on any atom is -0.493 e. The Morgan fingerprint density at radius 1 is 1.11 bits per heavy atom. The second kappa shape index (κ2) is 9.01. The molecule has 1 atom stereocenters. The van der Waals surface area contributed by atoms with Crippen LogP contribution in [0.3, 0.4) is 0 Å². The van der Waals surface area contributed by atoms with E-state index in [9.17, 15) is 9.59 Å². The zero-order chi connectivity index (χ0) is 20.1. The van der Waals surface area contributed by atoms with Crippen molar-refractivity contribution in [3.63, 3.8) is 0 Å². The van der Waals surface area contributed by atoms with E-state index in [1.54, 1.807) is 19.1 Å². The van der Waals surface area contributed by atoms with E-state index in [1.165, 1.54) is 11.8 Å². The molecule has 1 unspecified atom stereocenters. The van der Waals surface area contributed by atoms with E-state index in [1.807, 2.05) is 49.4 Å². The van der Waals surface area contributed by atoms with Crippen LogP contribution in [0.5, 0.6) is 11.5 Å². The summed E-state index contributed by atoms with van der Waals surface area (Å²) in [6.07, 6.45) is 1.49. The van der Waals surface area contributed by atoms with Gasteiger partial charge in [-0.3, -0.25) is 9.59 Å². The molecular weight excluding hydrogens is 376 g/mol. The first-order chi connectivity index (χ1) is 13.5. The Bertz CT molecular complexity index is 854. The van der Waals surface area contributed by atoms with Gasteiger partial charge in [0, 0.05) is 29.2 Å². The fourth-order valence-corrected chi connectivity index (χ4v) is 3.93. The van der Waals surface area contributed by atoms with E-state index in [0.717, 1.165) is 23.5 Å². The number of amides is 2. The molecule has 1 N–H and O–H groups in total. The van der Waals surface area contributed by atoms with Gasteiger partial charge >= 0.3 is 0 Å². The summed E-state index contributed by atoms with van der Waals surface area (Å²) in [5.41, 5.74) is 1.58. The quantitative estimate of drug-likeness (QED) is 0.713. The molecule has 0 bridgehead atoms. The molecule has 0 aromatic heterocycles. The third kappa shape index (κ3) is 4.59. The second-order valence-corrected chi connectivity index (χ2v) is 7.88. The van der Waals surface area contributed by atoms with E-state index in [4.69, 9.17) is 9.47 Å². The molecule has 2 amide bonds. The van der Waals surface area contributed by atoms with Crippen LogP contribution in [0.2, 0.25) is 0 Å².